The van der Waals surface area contributed by atoms with Gasteiger partial charge in [0, 0.05) is 41.7 Å². The van der Waals surface area contributed by atoms with E-state index in [1.165, 1.54) is 29.3 Å². The van der Waals surface area contributed by atoms with Gasteiger partial charge in [-0.05, 0) is 79.7 Å². The molecular formula is C22H30N2S4. The summed E-state index contributed by atoms with van der Waals surface area (Å²) in [5.41, 5.74) is 0. The maximum Gasteiger partial charge on any atom is 0.0896 e. The predicted octanol–water partition coefficient (Wildman–Crippen LogP) is 8.25. The van der Waals surface area contributed by atoms with Gasteiger partial charge in [-0.15, -0.1) is 45.3 Å². The van der Waals surface area contributed by atoms with Crippen LogP contribution in [0, 0.1) is 55.4 Å². The molecule has 0 bridgehead atoms. The van der Waals surface area contributed by atoms with Crippen LogP contribution in [0.15, 0.2) is 36.7 Å². The molecule has 152 valence electrons. The van der Waals surface area contributed by atoms with Gasteiger partial charge in [0.2, 0.25) is 0 Å². The average Bonchev–Trinajstić information content (AvgIpc) is 3.37. The quantitative estimate of drug-likeness (QED) is 0.269. The van der Waals surface area contributed by atoms with E-state index in [9.17, 15) is 0 Å². The molecule has 28 heavy (non-hydrogen) atoms. The monoisotopic (exact) mass is 450 g/mol. The molecule has 0 fully saturated rings. The lowest BCUT2D eigenvalue weighted by molar-refractivity contribution is 1.28. The van der Waals surface area contributed by atoms with Crippen molar-refractivity contribution in [3.63, 3.8) is 0 Å². The first kappa shape index (κ1) is 24.7. The van der Waals surface area contributed by atoms with Gasteiger partial charge in [-0.3, -0.25) is 0 Å². The van der Waals surface area contributed by atoms with Crippen molar-refractivity contribution in [2.45, 2.75) is 55.4 Å². The second-order valence-corrected chi connectivity index (χ2v) is 12.2. The zero-order valence-corrected chi connectivity index (χ0v) is 21.3. The number of thiazole rings is 2. The number of hydrogen-bond donors (Lipinski definition) is 0. The minimum absolute atomic E-state index is 1.15. The third-order valence-corrected chi connectivity index (χ3v) is 6.71. The Bertz CT molecular complexity index is 709. The van der Waals surface area contributed by atoms with Crippen molar-refractivity contribution in [3.8, 4) is 0 Å². The molecule has 0 aliphatic rings. The van der Waals surface area contributed by atoms with E-state index in [0.717, 1.165) is 10.0 Å². The van der Waals surface area contributed by atoms with Gasteiger partial charge in [0.25, 0.3) is 0 Å². The van der Waals surface area contributed by atoms with Crippen LogP contribution in [0.1, 0.15) is 39.3 Å². The molecule has 0 N–H and O–H groups in total. The van der Waals surface area contributed by atoms with Crippen LogP contribution >= 0.6 is 45.3 Å². The van der Waals surface area contributed by atoms with E-state index in [0.29, 0.717) is 0 Å². The Morgan fingerprint density at radius 1 is 0.429 bits per heavy atom. The Labute approximate surface area is 186 Å². The standard InChI is InChI=1S/2C6H8S.2C5H7NS/c2*1-5-3-4-6(2)7-5;2*1-4-3-6-5(2)7-4/h2*3-4H,1-2H3;2*3H,1-2H3. The van der Waals surface area contributed by atoms with Crippen molar-refractivity contribution in [1.29, 1.82) is 0 Å². The molecule has 0 unspecified atom stereocenters. The molecule has 4 aromatic rings. The van der Waals surface area contributed by atoms with Crippen molar-refractivity contribution in [2.24, 2.45) is 0 Å². The van der Waals surface area contributed by atoms with Gasteiger partial charge >= 0.3 is 0 Å². The van der Waals surface area contributed by atoms with Crippen LogP contribution in [0.4, 0.5) is 0 Å². The molecule has 6 heteroatoms. The van der Waals surface area contributed by atoms with Crippen LogP contribution in [0.25, 0.3) is 0 Å². The largest absolute Gasteiger partial charge is 0.250 e. The number of aromatic nitrogens is 2. The average molecular weight is 451 g/mol. The summed E-state index contributed by atoms with van der Waals surface area (Å²) in [4.78, 5) is 16.2. The third kappa shape index (κ3) is 11.5. The molecule has 0 radical (unpaired) electrons. The van der Waals surface area contributed by atoms with Crippen molar-refractivity contribution in [3.05, 3.63) is 75.9 Å². The van der Waals surface area contributed by atoms with E-state index in [1.807, 2.05) is 48.9 Å². The van der Waals surface area contributed by atoms with E-state index in [1.54, 1.807) is 22.7 Å². The molecule has 0 spiro atoms. The third-order valence-electron chi connectivity index (χ3n) is 3.22. The normalized spacial score (nSPS) is 9.43. The fraction of sp³-hybridized carbons (Fsp3) is 0.364. The highest BCUT2D eigenvalue weighted by Gasteiger charge is 1.87. The summed E-state index contributed by atoms with van der Waals surface area (Å²) >= 11 is 7.15. The molecule has 0 saturated heterocycles. The minimum atomic E-state index is 1.15. The zero-order chi connectivity index (χ0) is 21.1. The van der Waals surface area contributed by atoms with Gasteiger partial charge in [-0.2, -0.15) is 0 Å². The van der Waals surface area contributed by atoms with Gasteiger partial charge < -0.3 is 0 Å². The van der Waals surface area contributed by atoms with Gasteiger partial charge in [-0.25, -0.2) is 9.97 Å². The van der Waals surface area contributed by atoms with E-state index >= 15 is 0 Å². The van der Waals surface area contributed by atoms with Crippen molar-refractivity contribution >= 4 is 45.3 Å². The number of rotatable bonds is 0. The molecule has 4 heterocycles. The highest BCUT2D eigenvalue weighted by atomic mass is 32.1. The lowest BCUT2D eigenvalue weighted by Gasteiger charge is -1.71. The summed E-state index contributed by atoms with van der Waals surface area (Å²) in [5.74, 6) is 0. The van der Waals surface area contributed by atoms with Gasteiger partial charge in [0.1, 0.15) is 0 Å². The molecule has 0 aromatic carbocycles. The molecule has 0 aliphatic heterocycles. The molecule has 0 aliphatic carbocycles. The fourth-order valence-corrected chi connectivity index (χ4v) is 4.96. The van der Waals surface area contributed by atoms with Crippen LogP contribution in [0.5, 0.6) is 0 Å². The van der Waals surface area contributed by atoms with Crippen molar-refractivity contribution < 1.29 is 0 Å². The summed E-state index contributed by atoms with van der Waals surface area (Å²) in [6.07, 6.45) is 3.78. The lowest BCUT2D eigenvalue weighted by atomic mass is 10.5. The highest BCUT2D eigenvalue weighted by molar-refractivity contribution is 7.12. The molecule has 4 aromatic heterocycles. The first-order chi connectivity index (χ1) is 13.2. The second kappa shape index (κ2) is 13.0. The maximum atomic E-state index is 4.03. The molecule has 0 saturated carbocycles. The Balaban J connectivity index is 0.000000187. The van der Waals surface area contributed by atoms with Crippen molar-refractivity contribution in [1.82, 2.24) is 9.97 Å². The fourth-order valence-electron chi connectivity index (χ4n) is 2.05. The predicted molar refractivity (Wildman–Crippen MR) is 131 cm³/mol. The van der Waals surface area contributed by atoms with Gasteiger partial charge in [0.05, 0.1) is 10.0 Å². The SMILES string of the molecule is Cc1ccc(C)s1.Cc1ccc(C)s1.Cc1cnc(C)s1.Cc1cnc(C)s1. The minimum Gasteiger partial charge on any atom is -0.250 e. The molecular weight excluding hydrogens is 421 g/mol. The second-order valence-electron chi connectivity index (χ2n) is 6.29. The maximum absolute atomic E-state index is 4.03. The molecule has 2 nitrogen and oxygen atoms in total. The molecule has 4 rings (SSSR count). The number of nitrogens with zero attached hydrogens (tertiary/aromatic N) is 2. The van der Waals surface area contributed by atoms with Crippen LogP contribution in [0.3, 0.4) is 0 Å². The Hall–Kier alpha value is -1.34. The summed E-state index contributed by atoms with van der Waals surface area (Å²) < 4.78 is 0. The summed E-state index contributed by atoms with van der Waals surface area (Å²) in [6, 6.07) is 8.56. The first-order valence-electron chi connectivity index (χ1n) is 9.00. The number of hydrogen-bond acceptors (Lipinski definition) is 6. The Morgan fingerprint density at radius 2 is 0.714 bits per heavy atom. The zero-order valence-electron chi connectivity index (χ0n) is 18.0. The van der Waals surface area contributed by atoms with Crippen LogP contribution in [-0.2, 0) is 0 Å². The van der Waals surface area contributed by atoms with Crippen LogP contribution < -0.4 is 0 Å². The molecule has 0 amide bonds. The van der Waals surface area contributed by atoms with E-state index in [2.05, 4.69) is 75.8 Å². The topological polar surface area (TPSA) is 25.8 Å². The summed E-state index contributed by atoms with van der Waals surface area (Å²) in [7, 11) is 0. The van der Waals surface area contributed by atoms with Crippen LogP contribution in [-0.4, -0.2) is 9.97 Å². The van der Waals surface area contributed by atoms with E-state index in [4.69, 9.17) is 0 Å². The smallest absolute Gasteiger partial charge is 0.0896 e. The Kier molecular flexibility index (Phi) is 11.5. The van der Waals surface area contributed by atoms with Gasteiger partial charge in [0.15, 0.2) is 0 Å². The van der Waals surface area contributed by atoms with E-state index < -0.39 is 0 Å². The molecule has 0 atom stereocenters. The lowest BCUT2D eigenvalue weighted by Crippen LogP contribution is -1.57. The van der Waals surface area contributed by atoms with Crippen LogP contribution in [0.2, 0.25) is 0 Å². The highest BCUT2D eigenvalue weighted by Crippen LogP contribution is 2.13. The summed E-state index contributed by atoms with van der Waals surface area (Å²) in [5, 5.41) is 2.30. The van der Waals surface area contributed by atoms with Gasteiger partial charge in [-0.1, -0.05) is 0 Å². The number of thiophene rings is 2. The number of aryl methyl sites for hydroxylation is 8. The summed E-state index contributed by atoms with van der Waals surface area (Å²) in [6.45, 7) is 16.6. The van der Waals surface area contributed by atoms with E-state index in [-0.39, 0.29) is 0 Å². The van der Waals surface area contributed by atoms with Crippen molar-refractivity contribution in [2.75, 3.05) is 0 Å². The first-order valence-corrected chi connectivity index (χ1v) is 12.3. The Morgan fingerprint density at radius 3 is 0.786 bits per heavy atom.